The van der Waals surface area contributed by atoms with Crippen molar-refractivity contribution < 1.29 is 9.59 Å². The van der Waals surface area contributed by atoms with E-state index in [2.05, 4.69) is 25.6 Å². The molecule has 1 saturated heterocycles. The van der Waals surface area contributed by atoms with Crippen molar-refractivity contribution >= 4 is 53.0 Å². The van der Waals surface area contributed by atoms with Crippen molar-refractivity contribution in [2.45, 2.75) is 25.3 Å². The second-order valence-corrected chi connectivity index (χ2v) is 9.66. The molecule has 4 rings (SSSR count). The molecule has 2 heterocycles. The van der Waals surface area contributed by atoms with E-state index in [-0.39, 0.29) is 40.1 Å². The smallest absolute Gasteiger partial charge is 0.280 e. The first-order chi connectivity index (χ1) is 18.7. The Bertz CT molecular complexity index is 1400. The summed E-state index contributed by atoms with van der Waals surface area (Å²) in [6.07, 6.45) is 5.42. The van der Waals surface area contributed by atoms with Gasteiger partial charge in [-0.25, -0.2) is 15.0 Å². The van der Waals surface area contributed by atoms with Crippen molar-refractivity contribution in [3.8, 4) is 0 Å². The van der Waals surface area contributed by atoms with Crippen molar-refractivity contribution in [3.05, 3.63) is 82.1 Å². The standard InChI is InChI=1S/C28H31ClN8O2/c1-17(38)28(21-13-15-33-16-14-21,20-11-9-19(10-12-20)8-7-18-5-3-2-4-6-18)37-27(32)36-26(39)22-24(30)35-25(31)23(29)34-22/h2-12,21,33H,13-16H2,1H3,(H4,30,31,35)(H3,32,36,37,39). The molecule has 11 heteroatoms. The summed E-state index contributed by atoms with van der Waals surface area (Å²) in [5.74, 6) is -1.67. The number of hydrogen-bond donors (Lipinski definition) is 5. The van der Waals surface area contributed by atoms with Gasteiger partial charge in [0.15, 0.2) is 34.2 Å². The average molecular weight is 547 g/mol. The van der Waals surface area contributed by atoms with E-state index in [1.807, 2.05) is 66.7 Å². The number of aliphatic imine (C=N–C) groups is 1. The molecular weight excluding hydrogens is 516 g/mol. The van der Waals surface area contributed by atoms with E-state index >= 15 is 0 Å². The number of hydrogen-bond acceptors (Lipinski definition) is 8. The Balaban J connectivity index is 1.69. The Morgan fingerprint density at radius 1 is 1.00 bits per heavy atom. The van der Waals surface area contributed by atoms with Crippen LogP contribution in [0.1, 0.15) is 46.9 Å². The summed E-state index contributed by atoms with van der Waals surface area (Å²) >= 11 is 5.91. The predicted octanol–water partition coefficient (Wildman–Crippen LogP) is 2.99. The number of piperidine rings is 1. The second kappa shape index (κ2) is 12.1. The van der Waals surface area contributed by atoms with Crippen LogP contribution in [-0.2, 0) is 10.3 Å². The van der Waals surface area contributed by atoms with Crippen molar-refractivity contribution in [2.24, 2.45) is 16.6 Å². The highest BCUT2D eigenvalue weighted by atomic mass is 35.5. The number of nitrogens with one attached hydrogen (secondary N) is 2. The topological polar surface area (TPSA) is 174 Å². The van der Waals surface area contributed by atoms with E-state index in [4.69, 9.17) is 28.8 Å². The average Bonchev–Trinajstić information content (AvgIpc) is 2.93. The third-order valence-corrected chi connectivity index (χ3v) is 7.02. The fourth-order valence-corrected chi connectivity index (χ4v) is 4.93. The van der Waals surface area contributed by atoms with Crippen LogP contribution in [0.3, 0.4) is 0 Å². The molecule has 2 aromatic carbocycles. The highest BCUT2D eigenvalue weighted by Gasteiger charge is 2.45. The van der Waals surface area contributed by atoms with Crippen molar-refractivity contribution in [2.75, 3.05) is 24.6 Å². The molecule has 202 valence electrons. The first kappa shape index (κ1) is 27.7. The van der Waals surface area contributed by atoms with Gasteiger partial charge in [0.05, 0.1) is 0 Å². The summed E-state index contributed by atoms with van der Waals surface area (Å²) < 4.78 is 0. The van der Waals surface area contributed by atoms with Crippen LogP contribution in [0.4, 0.5) is 11.6 Å². The van der Waals surface area contributed by atoms with Gasteiger partial charge in [0.25, 0.3) is 5.91 Å². The normalized spacial score (nSPS) is 16.1. The molecular formula is C28H31ClN8O2. The number of benzene rings is 2. The highest BCUT2D eigenvalue weighted by Crippen LogP contribution is 2.40. The lowest BCUT2D eigenvalue weighted by Gasteiger charge is -2.38. The van der Waals surface area contributed by atoms with E-state index in [1.54, 1.807) is 0 Å². The maximum atomic E-state index is 13.4. The number of guanidine groups is 1. The number of Topliss-reactive ketones (excluding diaryl/α,β-unsaturated/α-hetero) is 1. The molecule has 1 unspecified atom stereocenters. The number of amides is 1. The van der Waals surface area contributed by atoms with E-state index < -0.39 is 11.4 Å². The van der Waals surface area contributed by atoms with Crippen LogP contribution in [0, 0.1) is 5.92 Å². The molecule has 1 aliphatic heterocycles. The molecule has 1 amide bonds. The number of ketones is 1. The molecule has 39 heavy (non-hydrogen) atoms. The van der Waals surface area contributed by atoms with Crippen LogP contribution in [-0.4, -0.2) is 40.7 Å². The molecule has 1 fully saturated rings. The molecule has 0 saturated carbocycles. The maximum Gasteiger partial charge on any atom is 0.280 e. The zero-order valence-corrected chi connectivity index (χ0v) is 22.3. The molecule has 1 aliphatic rings. The SMILES string of the molecule is CC(=O)C(N=C(N)NC(=O)c1nc(Cl)c(N)nc1N)(c1ccc(C=Cc2ccccc2)cc1)C1CCNCC1. The highest BCUT2D eigenvalue weighted by molar-refractivity contribution is 6.31. The number of nitrogens with zero attached hydrogens (tertiary/aromatic N) is 3. The van der Waals surface area contributed by atoms with Gasteiger partial charge in [-0.1, -0.05) is 78.4 Å². The summed E-state index contributed by atoms with van der Waals surface area (Å²) in [5.41, 5.74) is 18.8. The number of halogens is 1. The molecule has 3 aromatic rings. The Morgan fingerprint density at radius 3 is 2.23 bits per heavy atom. The van der Waals surface area contributed by atoms with Crippen LogP contribution in [0.2, 0.25) is 5.15 Å². The van der Waals surface area contributed by atoms with Crippen molar-refractivity contribution in [3.63, 3.8) is 0 Å². The van der Waals surface area contributed by atoms with Crippen LogP contribution in [0.25, 0.3) is 12.2 Å². The van der Waals surface area contributed by atoms with Gasteiger partial charge >= 0.3 is 0 Å². The minimum Gasteiger partial charge on any atom is -0.382 e. The molecule has 10 nitrogen and oxygen atoms in total. The second-order valence-electron chi connectivity index (χ2n) is 9.30. The lowest BCUT2D eigenvalue weighted by Crippen LogP contribution is -2.48. The molecule has 0 aliphatic carbocycles. The van der Waals surface area contributed by atoms with E-state index in [9.17, 15) is 9.59 Å². The predicted molar refractivity (Wildman–Crippen MR) is 155 cm³/mol. The lowest BCUT2D eigenvalue weighted by atomic mass is 9.71. The van der Waals surface area contributed by atoms with Gasteiger partial charge in [0.2, 0.25) is 0 Å². The molecule has 0 radical (unpaired) electrons. The van der Waals surface area contributed by atoms with Crippen LogP contribution < -0.4 is 27.8 Å². The molecule has 1 atom stereocenters. The van der Waals surface area contributed by atoms with E-state index in [0.717, 1.165) is 24.2 Å². The summed E-state index contributed by atoms with van der Waals surface area (Å²) in [5, 5.41) is 5.63. The first-order valence-electron chi connectivity index (χ1n) is 12.5. The summed E-state index contributed by atoms with van der Waals surface area (Å²) in [7, 11) is 0. The Kier molecular flexibility index (Phi) is 8.58. The summed E-state index contributed by atoms with van der Waals surface area (Å²) in [4.78, 5) is 38.7. The van der Waals surface area contributed by atoms with Gasteiger partial charge in [-0.15, -0.1) is 0 Å². The number of carbonyl (C=O) groups excluding carboxylic acids is 2. The van der Waals surface area contributed by atoms with E-state index in [1.165, 1.54) is 6.92 Å². The minimum atomic E-state index is -1.31. The number of nitrogens with two attached hydrogens (primary N) is 3. The summed E-state index contributed by atoms with van der Waals surface area (Å²) in [6.45, 7) is 2.96. The molecule has 0 bridgehead atoms. The van der Waals surface area contributed by atoms with Crippen LogP contribution in [0.15, 0.2) is 59.6 Å². The van der Waals surface area contributed by atoms with Gasteiger partial charge in [-0.05, 0) is 55.5 Å². The maximum absolute atomic E-state index is 13.4. The van der Waals surface area contributed by atoms with Gasteiger partial charge in [-0.2, -0.15) is 0 Å². The first-order valence-corrected chi connectivity index (χ1v) is 12.9. The monoisotopic (exact) mass is 546 g/mol. The number of anilines is 2. The largest absolute Gasteiger partial charge is 0.382 e. The Morgan fingerprint density at radius 2 is 1.62 bits per heavy atom. The van der Waals surface area contributed by atoms with Gasteiger partial charge in [0, 0.05) is 0 Å². The zero-order chi connectivity index (χ0) is 28.0. The number of aromatic nitrogens is 2. The fourth-order valence-electron chi connectivity index (χ4n) is 4.81. The Labute approximate surface area is 231 Å². The minimum absolute atomic E-state index is 0.101. The number of carbonyl (C=O) groups is 2. The van der Waals surface area contributed by atoms with Gasteiger partial charge < -0.3 is 22.5 Å². The van der Waals surface area contributed by atoms with Crippen molar-refractivity contribution in [1.29, 1.82) is 0 Å². The van der Waals surface area contributed by atoms with E-state index in [0.29, 0.717) is 18.4 Å². The third kappa shape index (κ3) is 6.24. The number of nitrogen functional groups attached to an aromatic ring is 2. The molecule has 8 N–H and O–H groups in total. The van der Waals surface area contributed by atoms with Gasteiger partial charge in [-0.3, -0.25) is 14.9 Å². The molecule has 1 aromatic heterocycles. The Hall–Kier alpha value is -4.28. The van der Waals surface area contributed by atoms with Crippen molar-refractivity contribution in [1.82, 2.24) is 20.6 Å². The lowest BCUT2D eigenvalue weighted by molar-refractivity contribution is -0.124. The molecule has 0 spiro atoms. The quantitative estimate of drug-likeness (QED) is 0.171. The number of rotatable bonds is 7. The third-order valence-electron chi connectivity index (χ3n) is 6.74. The summed E-state index contributed by atoms with van der Waals surface area (Å²) in [6, 6.07) is 17.6. The van der Waals surface area contributed by atoms with Crippen LogP contribution >= 0.6 is 11.6 Å². The zero-order valence-electron chi connectivity index (χ0n) is 21.5. The fraction of sp³-hybridized carbons (Fsp3) is 0.250. The van der Waals surface area contributed by atoms with Crippen LogP contribution in [0.5, 0.6) is 0 Å². The van der Waals surface area contributed by atoms with Gasteiger partial charge in [0.1, 0.15) is 5.54 Å².